The molecule has 0 saturated carbocycles. The highest BCUT2D eigenvalue weighted by atomic mass is 35.5. The molecule has 0 spiro atoms. The van der Waals surface area contributed by atoms with Crippen LogP contribution in [0.2, 0.25) is 10.0 Å². The number of nitrogens with two attached hydrogens (primary N) is 1. The molecular formula is C16H16Cl2N4O4S. The van der Waals surface area contributed by atoms with Gasteiger partial charge in [-0.2, -0.15) is 0 Å². The van der Waals surface area contributed by atoms with Gasteiger partial charge in [-0.3, -0.25) is 10.1 Å². The van der Waals surface area contributed by atoms with Crippen molar-refractivity contribution in [1.82, 2.24) is 0 Å². The van der Waals surface area contributed by atoms with Gasteiger partial charge in [-0.15, -0.1) is 0 Å². The van der Waals surface area contributed by atoms with Crippen LogP contribution in [0.1, 0.15) is 0 Å². The molecule has 1 aliphatic rings. The van der Waals surface area contributed by atoms with E-state index in [4.69, 9.17) is 28.3 Å². The molecule has 0 unspecified atom stereocenters. The van der Waals surface area contributed by atoms with Crippen molar-refractivity contribution in [3.63, 3.8) is 0 Å². The van der Waals surface area contributed by atoms with Gasteiger partial charge in [-0.25, -0.2) is 13.6 Å². The van der Waals surface area contributed by atoms with Crippen molar-refractivity contribution >= 4 is 50.3 Å². The van der Waals surface area contributed by atoms with Crippen molar-refractivity contribution in [3.8, 4) is 0 Å². The minimum atomic E-state index is -3.84. The number of nitro benzene ring substituents is 1. The SMILES string of the molecule is NS(=O)(=O)c1ccccc1N1CCN(c2c(Cl)cc([N+](=O)[O-])cc2Cl)CC1. The predicted octanol–water partition coefficient (Wildman–Crippen LogP) is 2.88. The van der Waals surface area contributed by atoms with Crippen LogP contribution >= 0.6 is 23.2 Å². The molecule has 8 nitrogen and oxygen atoms in total. The molecular weight excluding hydrogens is 415 g/mol. The van der Waals surface area contributed by atoms with Crippen molar-refractivity contribution in [3.05, 3.63) is 56.6 Å². The third-order valence-corrected chi connectivity index (χ3v) is 5.86. The van der Waals surface area contributed by atoms with Gasteiger partial charge in [0.05, 0.1) is 26.3 Å². The molecule has 0 atom stereocenters. The van der Waals surface area contributed by atoms with Gasteiger partial charge in [-0.05, 0) is 12.1 Å². The number of benzene rings is 2. The Morgan fingerprint density at radius 1 is 1.00 bits per heavy atom. The molecule has 144 valence electrons. The van der Waals surface area contributed by atoms with Crippen molar-refractivity contribution in [2.75, 3.05) is 36.0 Å². The number of anilines is 2. The summed E-state index contributed by atoms with van der Waals surface area (Å²) in [4.78, 5) is 14.3. The summed E-state index contributed by atoms with van der Waals surface area (Å²) in [6.45, 7) is 2.04. The van der Waals surface area contributed by atoms with Gasteiger partial charge in [0.15, 0.2) is 0 Å². The van der Waals surface area contributed by atoms with Crippen molar-refractivity contribution < 1.29 is 13.3 Å². The van der Waals surface area contributed by atoms with Crippen LogP contribution in [0, 0.1) is 10.1 Å². The van der Waals surface area contributed by atoms with Gasteiger partial charge in [0, 0.05) is 38.3 Å². The summed E-state index contributed by atoms with van der Waals surface area (Å²) >= 11 is 12.4. The van der Waals surface area contributed by atoms with Crippen molar-refractivity contribution in [2.24, 2.45) is 5.14 Å². The summed E-state index contributed by atoms with van der Waals surface area (Å²) in [7, 11) is -3.84. The molecule has 11 heteroatoms. The summed E-state index contributed by atoms with van der Waals surface area (Å²) in [5.74, 6) is 0. The zero-order valence-corrected chi connectivity index (χ0v) is 16.3. The van der Waals surface area contributed by atoms with Crippen LogP contribution in [0.15, 0.2) is 41.3 Å². The molecule has 2 N–H and O–H groups in total. The van der Waals surface area contributed by atoms with Crippen molar-refractivity contribution in [1.29, 1.82) is 0 Å². The Kier molecular flexibility index (Phi) is 5.48. The lowest BCUT2D eigenvalue weighted by molar-refractivity contribution is -0.384. The van der Waals surface area contributed by atoms with E-state index in [1.165, 1.54) is 18.2 Å². The molecule has 0 aliphatic carbocycles. The summed E-state index contributed by atoms with van der Waals surface area (Å²) in [5, 5.41) is 16.6. The zero-order valence-electron chi connectivity index (χ0n) is 14.0. The van der Waals surface area contributed by atoms with Crippen LogP contribution in [0.4, 0.5) is 17.1 Å². The van der Waals surface area contributed by atoms with E-state index in [-0.39, 0.29) is 20.6 Å². The number of hydrogen-bond donors (Lipinski definition) is 1. The third-order valence-electron chi connectivity index (χ3n) is 4.32. The number of non-ortho nitro benzene ring substituents is 1. The molecule has 27 heavy (non-hydrogen) atoms. The van der Waals surface area contributed by atoms with E-state index in [0.717, 1.165) is 0 Å². The molecule has 1 saturated heterocycles. The Balaban J connectivity index is 1.82. The second kappa shape index (κ2) is 7.51. The Bertz CT molecular complexity index is 969. The highest BCUT2D eigenvalue weighted by Gasteiger charge is 2.26. The smallest absolute Gasteiger partial charge is 0.272 e. The molecule has 0 radical (unpaired) electrons. The Morgan fingerprint density at radius 2 is 1.52 bits per heavy atom. The predicted molar refractivity (Wildman–Crippen MR) is 105 cm³/mol. The lowest BCUT2D eigenvalue weighted by atomic mass is 10.2. The third kappa shape index (κ3) is 4.11. The van der Waals surface area contributed by atoms with Crippen LogP contribution in [-0.2, 0) is 10.0 Å². The molecule has 1 aliphatic heterocycles. The molecule has 0 aromatic heterocycles. The van der Waals surface area contributed by atoms with Crippen LogP contribution in [0.5, 0.6) is 0 Å². The molecule has 1 fully saturated rings. The van der Waals surface area contributed by atoms with E-state index in [0.29, 0.717) is 37.6 Å². The molecule has 0 amide bonds. The number of primary sulfonamides is 1. The summed E-state index contributed by atoms with van der Waals surface area (Å²) < 4.78 is 23.6. The van der Waals surface area contributed by atoms with E-state index in [1.54, 1.807) is 18.2 Å². The number of sulfonamides is 1. The molecule has 0 bridgehead atoms. The number of piperazine rings is 1. The van der Waals surface area contributed by atoms with E-state index in [1.807, 2.05) is 9.80 Å². The first-order chi connectivity index (χ1) is 12.7. The lowest BCUT2D eigenvalue weighted by Gasteiger charge is -2.38. The van der Waals surface area contributed by atoms with Gasteiger partial charge >= 0.3 is 0 Å². The Hall–Kier alpha value is -2.07. The number of halogens is 2. The summed E-state index contributed by atoms with van der Waals surface area (Å²) in [5.41, 5.74) is 0.901. The molecule has 3 rings (SSSR count). The average molecular weight is 431 g/mol. The van der Waals surface area contributed by atoms with Crippen LogP contribution < -0.4 is 14.9 Å². The first-order valence-electron chi connectivity index (χ1n) is 7.93. The minimum Gasteiger partial charge on any atom is -0.367 e. The normalized spacial score (nSPS) is 15.1. The largest absolute Gasteiger partial charge is 0.367 e. The number of nitrogens with zero attached hydrogens (tertiary/aromatic N) is 3. The molecule has 1 heterocycles. The quantitative estimate of drug-likeness (QED) is 0.589. The maximum Gasteiger partial charge on any atom is 0.272 e. The first kappa shape index (κ1) is 19.7. The minimum absolute atomic E-state index is 0.0739. The monoisotopic (exact) mass is 430 g/mol. The first-order valence-corrected chi connectivity index (χ1v) is 10.2. The number of rotatable bonds is 4. The molecule has 2 aromatic rings. The molecule has 2 aromatic carbocycles. The van der Waals surface area contributed by atoms with Gasteiger partial charge in [0.25, 0.3) is 5.69 Å². The number of para-hydroxylation sites is 1. The van der Waals surface area contributed by atoms with Gasteiger partial charge in [-0.1, -0.05) is 35.3 Å². The average Bonchev–Trinajstić information content (AvgIpc) is 2.61. The van der Waals surface area contributed by atoms with E-state index >= 15 is 0 Å². The maximum absolute atomic E-state index is 11.8. The fourth-order valence-corrected chi connectivity index (χ4v) is 4.56. The van der Waals surface area contributed by atoms with Crippen LogP contribution in [0.25, 0.3) is 0 Å². The maximum atomic E-state index is 11.8. The van der Waals surface area contributed by atoms with E-state index < -0.39 is 14.9 Å². The standard InChI is InChI=1S/C16H16Cl2N4O4S/c17-12-9-11(22(23)24)10-13(18)16(12)21-7-5-20(6-8-21)14-3-1-2-4-15(14)27(19,25)26/h1-4,9-10H,5-8H2,(H2,19,25,26). The van der Waals surface area contributed by atoms with Crippen LogP contribution in [-0.4, -0.2) is 39.5 Å². The highest BCUT2D eigenvalue weighted by molar-refractivity contribution is 7.89. The van der Waals surface area contributed by atoms with Crippen LogP contribution in [0.3, 0.4) is 0 Å². The summed E-state index contributed by atoms with van der Waals surface area (Å²) in [6, 6.07) is 9.09. The van der Waals surface area contributed by atoms with Gasteiger partial charge in [0.2, 0.25) is 10.0 Å². The summed E-state index contributed by atoms with van der Waals surface area (Å²) in [6.07, 6.45) is 0. The fourth-order valence-electron chi connectivity index (χ4n) is 3.09. The zero-order chi connectivity index (χ0) is 19.8. The van der Waals surface area contributed by atoms with E-state index in [9.17, 15) is 18.5 Å². The highest BCUT2D eigenvalue weighted by Crippen LogP contribution is 2.38. The number of hydrogen-bond acceptors (Lipinski definition) is 6. The van der Waals surface area contributed by atoms with Gasteiger partial charge < -0.3 is 9.80 Å². The topological polar surface area (TPSA) is 110 Å². The fraction of sp³-hybridized carbons (Fsp3) is 0.250. The second-order valence-corrected chi connectivity index (χ2v) is 8.35. The van der Waals surface area contributed by atoms with E-state index in [2.05, 4.69) is 0 Å². The van der Waals surface area contributed by atoms with Gasteiger partial charge in [0.1, 0.15) is 4.90 Å². The second-order valence-electron chi connectivity index (χ2n) is 6.00. The Morgan fingerprint density at radius 3 is 2.04 bits per heavy atom. The lowest BCUT2D eigenvalue weighted by Crippen LogP contribution is -2.47. The van der Waals surface area contributed by atoms with Crippen molar-refractivity contribution in [2.45, 2.75) is 4.90 Å². The Labute approximate surface area is 166 Å². The number of nitro groups is 1.